The zero-order valence-corrected chi connectivity index (χ0v) is 14.4. The van der Waals surface area contributed by atoms with Gasteiger partial charge in [-0.15, -0.1) is 24.0 Å². The maximum absolute atomic E-state index is 11.4. The fourth-order valence-electron chi connectivity index (χ4n) is 1.64. The van der Waals surface area contributed by atoms with Gasteiger partial charge in [0.2, 0.25) is 0 Å². The molecule has 0 amide bonds. The highest BCUT2D eigenvalue weighted by Crippen LogP contribution is 2.26. The van der Waals surface area contributed by atoms with Crippen LogP contribution in [0.4, 0.5) is 0 Å². The Labute approximate surface area is 132 Å². The fourth-order valence-corrected chi connectivity index (χ4v) is 1.64. The molecule has 0 aromatic heterocycles. The van der Waals surface area contributed by atoms with E-state index in [1.54, 1.807) is 0 Å². The van der Waals surface area contributed by atoms with Crippen LogP contribution in [0.3, 0.4) is 0 Å². The number of hydrogen-bond acceptors (Lipinski definition) is 3. The van der Waals surface area contributed by atoms with Gasteiger partial charge in [0.1, 0.15) is 5.60 Å². The molecule has 0 unspecified atom stereocenters. The maximum Gasteiger partial charge on any atom is 0.308 e. The highest BCUT2D eigenvalue weighted by Gasteiger charge is 2.17. The number of guanidine groups is 1. The summed E-state index contributed by atoms with van der Waals surface area (Å²) >= 11 is 0. The molecule has 0 aromatic rings. The van der Waals surface area contributed by atoms with Gasteiger partial charge < -0.3 is 15.8 Å². The third kappa shape index (κ3) is 9.07. The van der Waals surface area contributed by atoms with Gasteiger partial charge in [0.05, 0.1) is 6.42 Å². The van der Waals surface area contributed by atoms with E-state index in [2.05, 4.69) is 10.3 Å². The second kappa shape index (κ2) is 8.60. The van der Waals surface area contributed by atoms with Crippen LogP contribution < -0.4 is 11.1 Å². The topological polar surface area (TPSA) is 76.7 Å². The van der Waals surface area contributed by atoms with Crippen molar-refractivity contribution in [2.75, 3.05) is 13.1 Å². The average Bonchev–Trinajstić information content (AvgIpc) is 2.12. The summed E-state index contributed by atoms with van der Waals surface area (Å²) in [5.74, 6) is 0.906. The molecule has 112 valence electrons. The minimum atomic E-state index is -0.430. The number of halogens is 1. The lowest BCUT2D eigenvalue weighted by Crippen LogP contribution is -2.35. The van der Waals surface area contributed by atoms with E-state index in [4.69, 9.17) is 10.5 Å². The summed E-state index contributed by atoms with van der Waals surface area (Å²) < 4.78 is 5.18. The second-order valence-corrected chi connectivity index (χ2v) is 5.79. The van der Waals surface area contributed by atoms with Crippen LogP contribution in [0.1, 0.15) is 46.5 Å². The van der Waals surface area contributed by atoms with E-state index in [1.165, 1.54) is 19.3 Å². The number of nitrogens with zero attached hydrogens (tertiary/aromatic N) is 1. The lowest BCUT2D eigenvalue weighted by molar-refractivity contribution is -0.154. The Hall–Kier alpha value is -0.530. The molecule has 0 spiro atoms. The standard InChI is InChI=1S/C13H25N3O2.HI/c1-13(2,3)18-11(17)7-8-15-12(14)16-9-10-5-4-6-10;/h10H,4-9H2,1-3H3,(H3,14,15,16);1H. The van der Waals surface area contributed by atoms with Gasteiger partial charge in [0, 0.05) is 13.1 Å². The Kier molecular flexibility index (Phi) is 8.36. The summed E-state index contributed by atoms with van der Waals surface area (Å²) in [7, 11) is 0. The normalized spacial score (nSPS) is 16.3. The Balaban J connectivity index is 0.00000324. The van der Waals surface area contributed by atoms with E-state index in [-0.39, 0.29) is 29.9 Å². The Bertz CT molecular complexity index is 310. The van der Waals surface area contributed by atoms with Crippen LogP contribution in [0.15, 0.2) is 4.99 Å². The number of rotatable bonds is 5. The van der Waals surface area contributed by atoms with Gasteiger partial charge in [-0.05, 0) is 39.5 Å². The predicted octanol–water partition coefficient (Wildman–Crippen LogP) is 2.04. The third-order valence-electron chi connectivity index (χ3n) is 2.80. The number of ether oxygens (including phenoxy) is 1. The molecule has 0 heterocycles. The van der Waals surface area contributed by atoms with E-state index >= 15 is 0 Å². The molecule has 1 fully saturated rings. The van der Waals surface area contributed by atoms with Gasteiger partial charge >= 0.3 is 5.97 Å². The molecule has 1 saturated carbocycles. The van der Waals surface area contributed by atoms with Crippen LogP contribution in [0.2, 0.25) is 0 Å². The van der Waals surface area contributed by atoms with E-state index in [0.717, 1.165) is 6.54 Å². The summed E-state index contributed by atoms with van der Waals surface area (Å²) in [4.78, 5) is 15.7. The molecule has 0 radical (unpaired) electrons. The van der Waals surface area contributed by atoms with Crippen molar-refractivity contribution in [2.45, 2.75) is 52.1 Å². The SMILES string of the molecule is CC(C)(C)OC(=O)CCNC(N)=NCC1CCC1.I. The molecular weight excluding hydrogens is 357 g/mol. The van der Waals surface area contributed by atoms with E-state index in [9.17, 15) is 4.79 Å². The molecule has 6 heteroatoms. The van der Waals surface area contributed by atoms with Crippen molar-refractivity contribution in [3.8, 4) is 0 Å². The Morgan fingerprint density at radius 3 is 2.53 bits per heavy atom. The molecule has 5 nitrogen and oxygen atoms in total. The van der Waals surface area contributed by atoms with Gasteiger partial charge in [0.15, 0.2) is 5.96 Å². The van der Waals surface area contributed by atoms with Crippen molar-refractivity contribution in [1.82, 2.24) is 5.32 Å². The zero-order valence-electron chi connectivity index (χ0n) is 12.1. The highest BCUT2D eigenvalue weighted by molar-refractivity contribution is 14.0. The zero-order chi connectivity index (χ0) is 13.6. The minimum absolute atomic E-state index is 0. The maximum atomic E-state index is 11.4. The molecule has 0 atom stereocenters. The van der Waals surface area contributed by atoms with Gasteiger partial charge in [-0.1, -0.05) is 6.42 Å². The minimum Gasteiger partial charge on any atom is -0.460 e. The molecule has 0 bridgehead atoms. The molecule has 19 heavy (non-hydrogen) atoms. The molecule has 0 aromatic carbocycles. The first-order valence-corrected chi connectivity index (χ1v) is 6.62. The van der Waals surface area contributed by atoms with Gasteiger partial charge in [0.25, 0.3) is 0 Å². The number of hydrogen-bond donors (Lipinski definition) is 2. The summed E-state index contributed by atoms with van der Waals surface area (Å²) in [5.41, 5.74) is 5.27. The monoisotopic (exact) mass is 383 g/mol. The molecule has 1 rings (SSSR count). The summed E-state index contributed by atoms with van der Waals surface area (Å²) in [6, 6.07) is 0. The van der Waals surface area contributed by atoms with E-state index in [0.29, 0.717) is 24.8 Å². The number of nitrogens with two attached hydrogens (primary N) is 1. The van der Waals surface area contributed by atoms with Crippen LogP contribution in [-0.2, 0) is 9.53 Å². The van der Waals surface area contributed by atoms with E-state index in [1.807, 2.05) is 20.8 Å². The number of nitrogens with one attached hydrogen (secondary N) is 1. The highest BCUT2D eigenvalue weighted by atomic mass is 127. The number of esters is 1. The molecular formula is C13H26IN3O2. The fraction of sp³-hybridized carbons (Fsp3) is 0.846. The predicted molar refractivity (Wildman–Crippen MR) is 87.7 cm³/mol. The third-order valence-corrected chi connectivity index (χ3v) is 2.80. The van der Waals surface area contributed by atoms with Crippen LogP contribution in [0, 0.1) is 5.92 Å². The summed E-state index contributed by atoms with van der Waals surface area (Å²) in [5, 5.41) is 2.93. The summed E-state index contributed by atoms with van der Waals surface area (Å²) in [6.07, 6.45) is 4.13. The Morgan fingerprint density at radius 1 is 1.42 bits per heavy atom. The van der Waals surface area contributed by atoms with Gasteiger partial charge in [-0.25, -0.2) is 0 Å². The average molecular weight is 383 g/mol. The second-order valence-electron chi connectivity index (χ2n) is 5.79. The number of aliphatic imine (C=N–C) groups is 1. The van der Waals surface area contributed by atoms with Crippen molar-refractivity contribution in [1.29, 1.82) is 0 Å². The van der Waals surface area contributed by atoms with E-state index < -0.39 is 5.60 Å². The molecule has 0 aliphatic heterocycles. The first kappa shape index (κ1) is 18.5. The van der Waals surface area contributed by atoms with Crippen molar-refractivity contribution in [3.63, 3.8) is 0 Å². The quantitative estimate of drug-likeness (QED) is 0.330. The van der Waals surface area contributed by atoms with Crippen LogP contribution in [0.5, 0.6) is 0 Å². The molecule has 1 aliphatic carbocycles. The summed E-state index contributed by atoms with van der Waals surface area (Å²) in [6.45, 7) is 6.83. The smallest absolute Gasteiger partial charge is 0.308 e. The number of carbonyl (C=O) groups excluding carboxylic acids is 1. The van der Waals surface area contributed by atoms with Gasteiger partial charge in [-0.3, -0.25) is 9.79 Å². The van der Waals surface area contributed by atoms with Crippen molar-refractivity contribution >= 4 is 35.9 Å². The van der Waals surface area contributed by atoms with Gasteiger partial charge in [-0.2, -0.15) is 0 Å². The van der Waals surface area contributed by atoms with Crippen LogP contribution >= 0.6 is 24.0 Å². The van der Waals surface area contributed by atoms with Crippen LogP contribution in [0.25, 0.3) is 0 Å². The molecule has 1 aliphatic rings. The first-order chi connectivity index (χ1) is 8.37. The van der Waals surface area contributed by atoms with Crippen LogP contribution in [-0.4, -0.2) is 30.6 Å². The van der Waals surface area contributed by atoms with Crippen molar-refractivity contribution in [3.05, 3.63) is 0 Å². The lowest BCUT2D eigenvalue weighted by atomic mass is 9.86. The first-order valence-electron chi connectivity index (χ1n) is 6.62. The van der Waals surface area contributed by atoms with Crippen molar-refractivity contribution in [2.24, 2.45) is 16.6 Å². The largest absolute Gasteiger partial charge is 0.460 e. The number of carbonyl (C=O) groups is 1. The molecule has 0 saturated heterocycles. The van der Waals surface area contributed by atoms with Crippen molar-refractivity contribution < 1.29 is 9.53 Å². The molecule has 3 N–H and O–H groups in total. The Morgan fingerprint density at radius 2 is 2.05 bits per heavy atom. The lowest BCUT2D eigenvalue weighted by Gasteiger charge is -2.23.